The second kappa shape index (κ2) is 6.05. The molecule has 2 aromatic rings. The summed E-state index contributed by atoms with van der Waals surface area (Å²) in [7, 11) is 0. The van der Waals surface area contributed by atoms with Crippen molar-refractivity contribution >= 4 is 11.6 Å². The molecule has 0 heterocycles. The van der Waals surface area contributed by atoms with E-state index in [1.165, 1.54) is 0 Å². The van der Waals surface area contributed by atoms with Gasteiger partial charge >= 0.3 is 0 Å². The third kappa shape index (κ3) is 3.85. The van der Waals surface area contributed by atoms with E-state index in [-0.39, 0.29) is 5.91 Å². The van der Waals surface area contributed by atoms with Crippen molar-refractivity contribution in [3.8, 4) is 5.75 Å². The van der Waals surface area contributed by atoms with Crippen molar-refractivity contribution in [2.45, 2.75) is 20.0 Å². The Balaban J connectivity index is 1.96. The molecule has 0 saturated carbocycles. The van der Waals surface area contributed by atoms with Gasteiger partial charge in [-0.1, -0.05) is 30.3 Å². The standard InChI is InChI=1S/C16H17NO2/c1-12-7-6-10-15(11-12)19-13(2)16(18)17-14-8-4-3-5-9-14/h3-11,13H,1-2H3,(H,17,18)/t13-/m1/s1. The van der Waals surface area contributed by atoms with Gasteiger partial charge in [-0.25, -0.2) is 0 Å². The lowest BCUT2D eigenvalue weighted by Gasteiger charge is -2.15. The predicted octanol–water partition coefficient (Wildman–Crippen LogP) is 3.40. The molecule has 0 spiro atoms. The lowest BCUT2D eigenvalue weighted by atomic mass is 10.2. The van der Waals surface area contributed by atoms with E-state index >= 15 is 0 Å². The molecule has 1 amide bonds. The molecule has 2 rings (SSSR count). The van der Waals surface area contributed by atoms with Crippen molar-refractivity contribution in [1.82, 2.24) is 0 Å². The van der Waals surface area contributed by atoms with Crippen LogP contribution in [0.5, 0.6) is 5.75 Å². The summed E-state index contributed by atoms with van der Waals surface area (Å²) in [6, 6.07) is 17.0. The molecule has 0 radical (unpaired) electrons. The quantitative estimate of drug-likeness (QED) is 0.909. The number of ether oxygens (including phenoxy) is 1. The van der Waals surface area contributed by atoms with Gasteiger partial charge in [-0.2, -0.15) is 0 Å². The van der Waals surface area contributed by atoms with Crippen LogP contribution in [0.1, 0.15) is 12.5 Å². The van der Waals surface area contributed by atoms with Gasteiger partial charge in [-0.15, -0.1) is 0 Å². The van der Waals surface area contributed by atoms with E-state index in [2.05, 4.69) is 5.32 Å². The Bertz CT molecular complexity index is 552. The van der Waals surface area contributed by atoms with Crippen molar-refractivity contribution in [3.05, 3.63) is 60.2 Å². The first-order valence-electron chi connectivity index (χ1n) is 6.24. The van der Waals surface area contributed by atoms with E-state index in [9.17, 15) is 4.79 Å². The topological polar surface area (TPSA) is 38.3 Å². The van der Waals surface area contributed by atoms with Crippen LogP contribution in [0.15, 0.2) is 54.6 Å². The molecule has 3 heteroatoms. The molecule has 1 atom stereocenters. The minimum Gasteiger partial charge on any atom is -0.481 e. The summed E-state index contributed by atoms with van der Waals surface area (Å²) < 4.78 is 5.62. The fourth-order valence-electron chi connectivity index (χ4n) is 1.71. The number of carbonyl (C=O) groups is 1. The van der Waals surface area contributed by atoms with E-state index in [4.69, 9.17) is 4.74 Å². The van der Waals surface area contributed by atoms with Crippen molar-refractivity contribution < 1.29 is 9.53 Å². The van der Waals surface area contributed by atoms with Crippen LogP contribution in [-0.4, -0.2) is 12.0 Å². The smallest absolute Gasteiger partial charge is 0.265 e. The highest BCUT2D eigenvalue weighted by molar-refractivity contribution is 5.94. The maximum absolute atomic E-state index is 12.0. The molecule has 98 valence electrons. The van der Waals surface area contributed by atoms with Crippen molar-refractivity contribution in [3.63, 3.8) is 0 Å². The Morgan fingerprint density at radius 2 is 1.84 bits per heavy atom. The van der Waals surface area contributed by atoms with Crippen LogP contribution >= 0.6 is 0 Å². The molecular weight excluding hydrogens is 238 g/mol. The maximum Gasteiger partial charge on any atom is 0.265 e. The fourth-order valence-corrected chi connectivity index (χ4v) is 1.71. The minimum atomic E-state index is -0.540. The second-order valence-electron chi connectivity index (χ2n) is 4.43. The average Bonchev–Trinajstić information content (AvgIpc) is 2.40. The van der Waals surface area contributed by atoms with Gasteiger partial charge in [0.15, 0.2) is 6.10 Å². The van der Waals surface area contributed by atoms with E-state index < -0.39 is 6.10 Å². The van der Waals surface area contributed by atoms with Crippen molar-refractivity contribution in [2.75, 3.05) is 5.32 Å². The molecule has 0 aliphatic heterocycles. The van der Waals surface area contributed by atoms with Gasteiger partial charge < -0.3 is 10.1 Å². The Morgan fingerprint density at radius 3 is 2.53 bits per heavy atom. The molecule has 3 nitrogen and oxygen atoms in total. The summed E-state index contributed by atoms with van der Waals surface area (Å²) in [6.07, 6.45) is -0.540. The molecule has 0 bridgehead atoms. The number of anilines is 1. The lowest BCUT2D eigenvalue weighted by Crippen LogP contribution is -2.30. The first kappa shape index (κ1) is 13.1. The number of nitrogens with one attached hydrogen (secondary N) is 1. The highest BCUT2D eigenvalue weighted by atomic mass is 16.5. The van der Waals surface area contributed by atoms with Crippen LogP contribution in [0.25, 0.3) is 0 Å². The first-order valence-corrected chi connectivity index (χ1v) is 6.24. The zero-order valence-electron chi connectivity index (χ0n) is 11.1. The Morgan fingerprint density at radius 1 is 1.11 bits per heavy atom. The molecule has 19 heavy (non-hydrogen) atoms. The number of benzene rings is 2. The number of aryl methyl sites for hydroxylation is 1. The Kier molecular flexibility index (Phi) is 4.18. The number of rotatable bonds is 4. The lowest BCUT2D eigenvalue weighted by molar-refractivity contribution is -0.122. The molecule has 0 aliphatic rings. The zero-order valence-corrected chi connectivity index (χ0v) is 11.1. The summed E-state index contributed by atoms with van der Waals surface area (Å²) in [4.78, 5) is 12.0. The molecular formula is C16H17NO2. The summed E-state index contributed by atoms with van der Waals surface area (Å²) in [5, 5.41) is 2.81. The van der Waals surface area contributed by atoms with Gasteiger partial charge in [0.05, 0.1) is 0 Å². The zero-order chi connectivity index (χ0) is 13.7. The molecule has 2 aromatic carbocycles. The van der Waals surface area contributed by atoms with Gasteiger partial charge in [0.2, 0.25) is 0 Å². The first-order chi connectivity index (χ1) is 9.15. The maximum atomic E-state index is 12.0. The summed E-state index contributed by atoms with van der Waals surface area (Å²) in [6.45, 7) is 3.72. The van der Waals surface area contributed by atoms with Gasteiger partial charge in [0, 0.05) is 5.69 Å². The number of para-hydroxylation sites is 1. The highest BCUT2D eigenvalue weighted by Gasteiger charge is 2.14. The molecule has 0 saturated heterocycles. The van der Waals surface area contributed by atoms with Crippen LogP contribution in [0.4, 0.5) is 5.69 Å². The summed E-state index contributed by atoms with van der Waals surface area (Å²) in [5.41, 5.74) is 1.88. The van der Waals surface area contributed by atoms with Gasteiger partial charge in [-0.3, -0.25) is 4.79 Å². The van der Waals surface area contributed by atoms with Crippen LogP contribution < -0.4 is 10.1 Å². The van der Waals surface area contributed by atoms with Crippen LogP contribution in [0, 0.1) is 6.92 Å². The van der Waals surface area contributed by atoms with Gasteiger partial charge in [0.25, 0.3) is 5.91 Å². The van der Waals surface area contributed by atoms with Crippen molar-refractivity contribution in [2.24, 2.45) is 0 Å². The summed E-state index contributed by atoms with van der Waals surface area (Å²) >= 11 is 0. The van der Waals surface area contributed by atoms with E-state index in [1.807, 2.05) is 61.5 Å². The number of carbonyl (C=O) groups excluding carboxylic acids is 1. The van der Waals surface area contributed by atoms with Gasteiger partial charge in [0.1, 0.15) is 5.75 Å². The SMILES string of the molecule is Cc1cccc(O[C@H](C)C(=O)Nc2ccccc2)c1. The monoisotopic (exact) mass is 255 g/mol. The van der Waals surface area contributed by atoms with Crippen LogP contribution in [0.3, 0.4) is 0 Å². The molecule has 0 aliphatic carbocycles. The molecule has 0 fully saturated rings. The van der Waals surface area contributed by atoms with Gasteiger partial charge in [-0.05, 0) is 43.7 Å². The van der Waals surface area contributed by atoms with E-state index in [0.717, 1.165) is 11.3 Å². The molecule has 1 N–H and O–H groups in total. The van der Waals surface area contributed by atoms with Crippen LogP contribution in [-0.2, 0) is 4.79 Å². The third-order valence-corrected chi connectivity index (χ3v) is 2.71. The highest BCUT2D eigenvalue weighted by Crippen LogP contribution is 2.15. The number of hydrogen-bond acceptors (Lipinski definition) is 2. The van der Waals surface area contributed by atoms with E-state index in [1.54, 1.807) is 6.92 Å². The number of amides is 1. The predicted molar refractivity (Wildman–Crippen MR) is 76.3 cm³/mol. The summed E-state index contributed by atoms with van der Waals surface area (Å²) in [5.74, 6) is 0.545. The van der Waals surface area contributed by atoms with Crippen molar-refractivity contribution in [1.29, 1.82) is 0 Å². The van der Waals surface area contributed by atoms with E-state index in [0.29, 0.717) is 5.75 Å². The molecule has 0 aromatic heterocycles. The van der Waals surface area contributed by atoms with Crippen LogP contribution in [0.2, 0.25) is 0 Å². The Labute approximate surface area is 113 Å². The normalized spacial score (nSPS) is 11.7. The minimum absolute atomic E-state index is 0.160. The molecule has 0 unspecified atom stereocenters. The largest absolute Gasteiger partial charge is 0.481 e. The average molecular weight is 255 g/mol. The Hall–Kier alpha value is -2.29. The second-order valence-corrected chi connectivity index (χ2v) is 4.43. The third-order valence-electron chi connectivity index (χ3n) is 2.71. The number of hydrogen-bond donors (Lipinski definition) is 1. The fraction of sp³-hybridized carbons (Fsp3) is 0.188.